The molecule has 0 aliphatic carbocycles. The third kappa shape index (κ3) is 2.66. The number of rotatable bonds is 2. The van der Waals surface area contributed by atoms with Crippen molar-refractivity contribution < 1.29 is 24.7 Å². The lowest BCUT2D eigenvalue weighted by Gasteiger charge is -2.12. The molecule has 0 saturated heterocycles. The van der Waals surface area contributed by atoms with Crippen LogP contribution in [0.3, 0.4) is 0 Å². The van der Waals surface area contributed by atoms with E-state index in [4.69, 9.17) is 11.6 Å². The number of carbonyl (C=O) groups excluding carboxylic acids is 2. The van der Waals surface area contributed by atoms with Crippen LogP contribution in [0.1, 0.15) is 18.1 Å². The zero-order valence-corrected chi connectivity index (χ0v) is 14.0. The third-order valence-electron chi connectivity index (χ3n) is 3.88. The molecular weight excluding hydrogens is 364 g/mol. The number of aliphatic hydroxyl groups is 1. The second-order valence-corrected chi connectivity index (χ2v) is 5.94. The molecule has 2 aromatic rings. The van der Waals surface area contributed by atoms with Crippen LogP contribution in [0.15, 0.2) is 36.4 Å². The second kappa shape index (κ2) is 6.16. The molecule has 2 amide bonds. The minimum absolute atomic E-state index is 0.0517. The predicted molar refractivity (Wildman–Crippen MR) is 93.8 cm³/mol. The predicted octanol–water partition coefficient (Wildman–Crippen LogP) is 3.27. The van der Waals surface area contributed by atoms with E-state index < -0.39 is 33.9 Å². The maximum Gasteiger partial charge on any atom is 0.311 e. The standard InChI is InChI=1S/C17H11ClN2O6/c1-8(21)19-12-7-10(18)3-4-11(12)15(17(19)24)16(23)9-2-5-14(22)13(6-9)20(25)26/h2-7,22-23H,1H3. The molecule has 0 aromatic heterocycles. The van der Waals surface area contributed by atoms with Crippen LogP contribution in [0.25, 0.3) is 11.3 Å². The molecule has 0 radical (unpaired) electrons. The highest BCUT2D eigenvalue weighted by molar-refractivity contribution is 6.43. The number of aliphatic hydroxyl groups excluding tert-OH is 1. The summed E-state index contributed by atoms with van der Waals surface area (Å²) in [6.45, 7) is 1.19. The fourth-order valence-corrected chi connectivity index (χ4v) is 2.91. The number of halogens is 1. The number of hydrogen-bond donors (Lipinski definition) is 2. The summed E-state index contributed by atoms with van der Waals surface area (Å²) in [7, 11) is 0. The van der Waals surface area contributed by atoms with Crippen molar-refractivity contribution in [3.05, 3.63) is 62.7 Å². The summed E-state index contributed by atoms with van der Waals surface area (Å²) in [6, 6.07) is 7.58. The number of anilines is 1. The molecule has 1 aliphatic rings. The first-order valence-electron chi connectivity index (χ1n) is 7.28. The Hall–Kier alpha value is -3.39. The van der Waals surface area contributed by atoms with Gasteiger partial charge in [0.1, 0.15) is 5.76 Å². The van der Waals surface area contributed by atoms with Crippen LogP contribution < -0.4 is 4.90 Å². The maximum atomic E-state index is 12.7. The van der Waals surface area contributed by atoms with Crippen molar-refractivity contribution in [2.24, 2.45) is 0 Å². The van der Waals surface area contributed by atoms with Gasteiger partial charge in [-0.05, 0) is 24.3 Å². The van der Waals surface area contributed by atoms with Crippen LogP contribution in [-0.4, -0.2) is 27.0 Å². The molecule has 26 heavy (non-hydrogen) atoms. The third-order valence-corrected chi connectivity index (χ3v) is 4.12. The van der Waals surface area contributed by atoms with E-state index in [-0.39, 0.29) is 22.4 Å². The minimum Gasteiger partial charge on any atom is -0.506 e. The summed E-state index contributed by atoms with van der Waals surface area (Å²) in [5.41, 5.74) is -0.386. The highest BCUT2D eigenvalue weighted by Gasteiger charge is 2.38. The highest BCUT2D eigenvalue weighted by Crippen LogP contribution is 2.42. The topological polar surface area (TPSA) is 121 Å². The van der Waals surface area contributed by atoms with Gasteiger partial charge < -0.3 is 10.2 Å². The van der Waals surface area contributed by atoms with Crippen LogP contribution in [0.2, 0.25) is 5.02 Å². The normalized spacial score (nSPS) is 15.0. The molecule has 2 aromatic carbocycles. The summed E-state index contributed by atoms with van der Waals surface area (Å²) in [5.74, 6) is -2.47. The summed E-state index contributed by atoms with van der Waals surface area (Å²) in [6.07, 6.45) is 0. The fraction of sp³-hybridized carbons (Fsp3) is 0.0588. The zero-order chi connectivity index (χ0) is 19.2. The number of nitro benzene ring substituents is 1. The van der Waals surface area contributed by atoms with Gasteiger partial charge in [-0.2, -0.15) is 0 Å². The van der Waals surface area contributed by atoms with Crippen LogP contribution in [0, 0.1) is 10.1 Å². The van der Waals surface area contributed by atoms with E-state index in [0.29, 0.717) is 5.02 Å². The lowest BCUT2D eigenvalue weighted by Crippen LogP contribution is -2.31. The van der Waals surface area contributed by atoms with Gasteiger partial charge in [-0.3, -0.25) is 19.7 Å². The first kappa shape index (κ1) is 17.4. The number of phenols is 1. The molecule has 0 spiro atoms. The Labute approximate surface area is 151 Å². The van der Waals surface area contributed by atoms with Crippen molar-refractivity contribution in [2.45, 2.75) is 6.92 Å². The lowest BCUT2D eigenvalue weighted by molar-refractivity contribution is -0.385. The molecular formula is C17H11ClN2O6. The summed E-state index contributed by atoms with van der Waals surface area (Å²) in [4.78, 5) is 35.6. The first-order valence-corrected chi connectivity index (χ1v) is 7.66. The van der Waals surface area contributed by atoms with Gasteiger partial charge in [-0.15, -0.1) is 0 Å². The largest absolute Gasteiger partial charge is 0.506 e. The Morgan fingerprint density at radius 2 is 1.92 bits per heavy atom. The van der Waals surface area contributed by atoms with Gasteiger partial charge in [0.15, 0.2) is 5.75 Å². The number of benzene rings is 2. The Morgan fingerprint density at radius 3 is 2.54 bits per heavy atom. The van der Waals surface area contributed by atoms with Gasteiger partial charge in [0.25, 0.3) is 5.91 Å². The minimum atomic E-state index is -0.817. The lowest BCUT2D eigenvalue weighted by atomic mass is 10.0. The number of imide groups is 1. The number of amides is 2. The number of carbonyl (C=O) groups is 2. The van der Waals surface area contributed by atoms with Crippen LogP contribution in [0.4, 0.5) is 11.4 Å². The van der Waals surface area contributed by atoms with Crippen molar-refractivity contribution in [3.8, 4) is 5.75 Å². The number of nitrogens with zero attached hydrogens (tertiary/aromatic N) is 2. The molecule has 0 saturated carbocycles. The smallest absolute Gasteiger partial charge is 0.311 e. The summed E-state index contributed by atoms with van der Waals surface area (Å²) in [5, 5.41) is 31.4. The van der Waals surface area contributed by atoms with Gasteiger partial charge in [-0.1, -0.05) is 17.7 Å². The van der Waals surface area contributed by atoms with E-state index in [2.05, 4.69) is 0 Å². The Bertz CT molecular complexity index is 1010. The summed E-state index contributed by atoms with van der Waals surface area (Å²) >= 11 is 5.93. The second-order valence-electron chi connectivity index (χ2n) is 5.51. The van der Waals surface area contributed by atoms with Crippen molar-refractivity contribution in [2.75, 3.05) is 4.90 Å². The number of phenolic OH excluding ortho intramolecular Hbond substituents is 1. The molecule has 9 heteroatoms. The van der Waals surface area contributed by atoms with Crippen LogP contribution >= 0.6 is 11.6 Å². The van der Waals surface area contributed by atoms with Gasteiger partial charge in [-0.25, -0.2) is 4.90 Å². The quantitative estimate of drug-likeness (QED) is 0.360. The molecule has 0 bridgehead atoms. The van der Waals surface area contributed by atoms with E-state index in [1.54, 1.807) is 0 Å². The molecule has 8 nitrogen and oxygen atoms in total. The van der Waals surface area contributed by atoms with Crippen molar-refractivity contribution in [1.29, 1.82) is 0 Å². The molecule has 0 atom stereocenters. The van der Waals surface area contributed by atoms with Gasteiger partial charge >= 0.3 is 5.69 Å². The van der Waals surface area contributed by atoms with Gasteiger partial charge in [0.2, 0.25) is 5.91 Å². The molecule has 1 heterocycles. The van der Waals surface area contributed by atoms with E-state index >= 15 is 0 Å². The number of hydrogen-bond acceptors (Lipinski definition) is 6. The number of fused-ring (bicyclic) bond motifs is 1. The fourth-order valence-electron chi connectivity index (χ4n) is 2.74. The Morgan fingerprint density at radius 1 is 1.23 bits per heavy atom. The molecule has 1 aliphatic heterocycles. The first-order chi connectivity index (χ1) is 12.2. The van der Waals surface area contributed by atoms with Crippen molar-refractivity contribution in [3.63, 3.8) is 0 Å². The van der Waals surface area contributed by atoms with Crippen molar-refractivity contribution in [1.82, 2.24) is 0 Å². The number of aromatic hydroxyl groups is 1. The van der Waals surface area contributed by atoms with E-state index in [9.17, 15) is 29.9 Å². The highest BCUT2D eigenvalue weighted by atomic mass is 35.5. The molecule has 0 unspecified atom stereocenters. The average Bonchev–Trinajstić information content (AvgIpc) is 2.85. The molecule has 2 N–H and O–H groups in total. The average molecular weight is 375 g/mol. The Balaban J connectivity index is 2.25. The molecule has 132 valence electrons. The van der Waals surface area contributed by atoms with Crippen LogP contribution in [0.5, 0.6) is 5.75 Å². The summed E-state index contributed by atoms with van der Waals surface area (Å²) < 4.78 is 0. The van der Waals surface area contributed by atoms with Crippen LogP contribution in [-0.2, 0) is 9.59 Å². The van der Waals surface area contributed by atoms with Crippen molar-refractivity contribution >= 4 is 46.1 Å². The molecule has 0 fully saturated rings. The maximum absolute atomic E-state index is 12.7. The monoisotopic (exact) mass is 374 g/mol. The SMILES string of the molecule is CC(=O)N1C(=O)C(=C(O)c2ccc(O)c([N+](=O)[O-])c2)c2ccc(Cl)cc21. The zero-order valence-electron chi connectivity index (χ0n) is 13.3. The van der Waals surface area contributed by atoms with Gasteiger partial charge in [0, 0.05) is 29.1 Å². The molecule has 3 rings (SSSR count). The van der Waals surface area contributed by atoms with E-state index in [1.807, 2.05) is 0 Å². The van der Waals surface area contributed by atoms with E-state index in [1.165, 1.54) is 31.2 Å². The van der Waals surface area contributed by atoms with E-state index in [0.717, 1.165) is 17.0 Å². The van der Waals surface area contributed by atoms with Gasteiger partial charge in [0.05, 0.1) is 16.2 Å². The Kier molecular flexibility index (Phi) is 4.13. The number of nitro groups is 1.